The van der Waals surface area contributed by atoms with E-state index in [1.54, 1.807) is 0 Å². The van der Waals surface area contributed by atoms with E-state index in [9.17, 15) is 5.11 Å². The highest BCUT2D eigenvalue weighted by molar-refractivity contribution is 4.85. The molecular weight excluding hydrogens is 148 g/mol. The molecule has 0 aromatic rings. The number of aliphatic hydroxyl groups excluding tert-OH is 1. The molecule has 0 radical (unpaired) electrons. The summed E-state index contributed by atoms with van der Waals surface area (Å²) in [5, 5.41) is 9.53. The van der Waals surface area contributed by atoms with Crippen LogP contribution >= 0.6 is 0 Å². The first kappa shape index (κ1) is 7.49. The Morgan fingerprint density at radius 2 is 2.36 bits per heavy atom. The summed E-state index contributed by atoms with van der Waals surface area (Å²) in [6.45, 7) is 0.683. The molecule has 0 bridgehead atoms. The lowest BCUT2D eigenvalue weighted by Crippen LogP contribution is -2.27. The van der Waals surface area contributed by atoms with Crippen molar-refractivity contribution in [3.8, 4) is 0 Å². The SMILES string of the molecule is COC1O[C@H]2OCC[C@H]2[C@@H]1O. The van der Waals surface area contributed by atoms with Gasteiger partial charge in [-0.15, -0.1) is 0 Å². The molecule has 2 rings (SSSR count). The van der Waals surface area contributed by atoms with Gasteiger partial charge in [0.2, 0.25) is 0 Å². The lowest BCUT2D eigenvalue weighted by Gasteiger charge is -2.13. The Kier molecular flexibility index (Phi) is 1.85. The Morgan fingerprint density at radius 1 is 1.55 bits per heavy atom. The largest absolute Gasteiger partial charge is 0.387 e. The summed E-state index contributed by atoms with van der Waals surface area (Å²) in [7, 11) is 1.52. The van der Waals surface area contributed by atoms with Crippen LogP contribution in [0.15, 0.2) is 0 Å². The summed E-state index contributed by atoms with van der Waals surface area (Å²) in [4.78, 5) is 0. The normalized spacial score (nSPS) is 49.6. The lowest BCUT2D eigenvalue weighted by atomic mass is 10.0. The number of hydrogen-bond donors (Lipinski definition) is 1. The number of hydrogen-bond acceptors (Lipinski definition) is 4. The first-order chi connectivity index (χ1) is 5.33. The predicted molar refractivity (Wildman–Crippen MR) is 35.7 cm³/mol. The van der Waals surface area contributed by atoms with E-state index >= 15 is 0 Å². The average molecular weight is 160 g/mol. The van der Waals surface area contributed by atoms with Crippen LogP contribution in [0.2, 0.25) is 0 Å². The molecule has 2 aliphatic heterocycles. The van der Waals surface area contributed by atoms with Crippen LogP contribution in [0.25, 0.3) is 0 Å². The molecule has 0 amide bonds. The topological polar surface area (TPSA) is 47.9 Å². The van der Waals surface area contributed by atoms with E-state index < -0.39 is 12.4 Å². The minimum Gasteiger partial charge on any atom is -0.387 e. The predicted octanol–water partition coefficient (Wildman–Crippen LogP) is -0.287. The van der Waals surface area contributed by atoms with Gasteiger partial charge < -0.3 is 19.3 Å². The molecule has 0 aromatic heterocycles. The molecular formula is C7H12O4. The van der Waals surface area contributed by atoms with Crippen LogP contribution in [0, 0.1) is 5.92 Å². The number of fused-ring (bicyclic) bond motifs is 1. The van der Waals surface area contributed by atoms with Crippen molar-refractivity contribution in [1.29, 1.82) is 0 Å². The van der Waals surface area contributed by atoms with Crippen molar-refractivity contribution < 1.29 is 19.3 Å². The maximum absolute atomic E-state index is 9.53. The van der Waals surface area contributed by atoms with E-state index in [1.165, 1.54) is 7.11 Å². The Balaban J connectivity index is 2.04. The van der Waals surface area contributed by atoms with Gasteiger partial charge in [-0.2, -0.15) is 0 Å². The van der Waals surface area contributed by atoms with Crippen molar-refractivity contribution in [3.05, 3.63) is 0 Å². The molecule has 4 heteroatoms. The zero-order chi connectivity index (χ0) is 7.84. The van der Waals surface area contributed by atoms with E-state index in [1.807, 2.05) is 0 Å². The molecule has 2 saturated heterocycles. The van der Waals surface area contributed by atoms with Crippen LogP contribution in [0.5, 0.6) is 0 Å². The van der Waals surface area contributed by atoms with Crippen molar-refractivity contribution in [3.63, 3.8) is 0 Å². The first-order valence-corrected chi connectivity index (χ1v) is 3.81. The Labute approximate surface area is 65.1 Å². The Morgan fingerprint density at radius 3 is 3.00 bits per heavy atom. The molecule has 0 aromatic carbocycles. The monoisotopic (exact) mass is 160 g/mol. The molecule has 1 N–H and O–H groups in total. The zero-order valence-corrected chi connectivity index (χ0v) is 6.40. The molecule has 2 heterocycles. The van der Waals surface area contributed by atoms with Gasteiger partial charge in [0, 0.05) is 13.0 Å². The summed E-state index contributed by atoms with van der Waals surface area (Å²) < 4.78 is 15.4. The fraction of sp³-hybridized carbons (Fsp3) is 1.00. The maximum atomic E-state index is 9.53. The third kappa shape index (κ3) is 1.06. The standard InChI is InChI=1S/C7H12O4/c1-9-7-5(8)4-2-3-10-6(4)11-7/h4-8H,2-3H2,1H3/t4-,5-,6+,7?/m0/s1. The van der Waals surface area contributed by atoms with Crippen LogP contribution in [-0.4, -0.2) is 37.5 Å². The molecule has 2 fully saturated rings. The summed E-state index contributed by atoms with van der Waals surface area (Å²) in [5.41, 5.74) is 0. The second kappa shape index (κ2) is 2.71. The van der Waals surface area contributed by atoms with Crippen molar-refractivity contribution in [2.75, 3.05) is 13.7 Å². The van der Waals surface area contributed by atoms with Gasteiger partial charge in [-0.3, -0.25) is 0 Å². The van der Waals surface area contributed by atoms with Gasteiger partial charge in [0.15, 0.2) is 12.6 Å². The number of aliphatic hydroxyl groups is 1. The van der Waals surface area contributed by atoms with E-state index in [4.69, 9.17) is 14.2 Å². The fourth-order valence-electron chi connectivity index (χ4n) is 1.66. The Bertz CT molecular complexity index is 149. The van der Waals surface area contributed by atoms with E-state index in [0.29, 0.717) is 6.61 Å². The zero-order valence-electron chi connectivity index (χ0n) is 6.40. The van der Waals surface area contributed by atoms with Crippen LogP contribution in [0.3, 0.4) is 0 Å². The molecule has 2 aliphatic rings. The van der Waals surface area contributed by atoms with Gasteiger partial charge >= 0.3 is 0 Å². The van der Waals surface area contributed by atoms with Crippen LogP contribution in [0.1, 0.15) is 6.42 Å². The Hall–Kier alpha value is -0.160. The highest BCUT2D eigenvalue weighted by atomic mass is 16.8. The number of methoxy groups -OCH3 is 1. The fourth-order valence-corrected chi connectivity index (χ4v) is 1.66. The molecule has 4 nitrogen and oxygen atoms in total. The van der Waals surface area contributed by atoms with Crippen LogP contribution in [0.4, 0.5) is 0 Å². The minimum absolute atomic E-state index is 0.111. The maximum Gasteiger partial charge on any atom is 0.186 e. The summed E-state index contributed by atoms with van der Waals surface area (Å²) in [6, 6.07) is 0. The van der Waals surface area contributed by atoms with E-state index in [0.717, 1.165) is 6.42 Å². The van der Waals surface area contributed by atoms with Gasteiger partial charge in [0.1, 0.15) is 6.10 Å². The molecule has 11 heavy (non-hydrogen) atoms. The summed E-state index contributed by atoms with van der Waals surface area (Å²) >= 11 is 0. The molecule has 4 atom stereocenters. The van der Waals surface area contributed by atoms with Gasteiger partial charge in [-0.1, -0.05) is 0 Å². The van der Waals surface area contributed by atoms with Crippen molar-refractivity contribution in [1.82, 2.24) is 0 Å². The van der Waals surface area contributed by atoms with Gasteiger partial charge in [0.05, 0.1) is 6.61 Å². The molecule has 0 aliphatic carbocycles. The van der Waals surface area contributed by atoms with Crippen molar-refractivity contribution >= 4 is 0 Å². The second-order valence-electron chi connectivity index (χ2n) is 2.92. The highest BCUT2D eigenvalue weighted by Crippen LogP contribution is 2.35. The average Bonchev–Trinajstić information content (AvgIpc) is 2.53. The van der Waals surface area contributed by atoms with Crippen molar-refractivity contribution in [2.45, 2.75) is 25.1 Å². The van der Waals surface area contributed by atoms with Crippen LogP contribution in [-0.2, 0) is 14.2 Å². The van der Waals surface area contributed by atoms with Gasteiger partial charge in [-0.05, 0) is 6.42 Å². The first-order valence-electron chi connectivity index (χ1n) is 3.81. The molecule has 1 unspecified atom stereocenters. The molecule has 0 saturated carbocycles. The highest BCUT2D eigenvalue weighted by Gasteiger charge is 2.47. The third-order valence-electron chi connectivity index (χ3n) is 2.30. The number of rotatable bonds is 1. The third-order valence-corrected chi connectivity index (χ3v) is 2.30. The lowest BCUT2D eigenvalue weighted by molar-refractivity contribution is -0.201. The van der Waals surface area contributed by atoms with E-state index in [2.05, 4.69) is 0 Å². The van der Waals surface area contributed by atoms with Crippen molar-refractivity contribution in [2.24, 2.45) is 5.92 Å². The minimum atomic E-state index is -0.521. The smallest absolute Gasteiger partial charge is 0.186 e. The van der Waals surface area contributed by atoms with Crippen LogP contribution < -0.4 is 0 Å². The summed E-state index contributed by atoms with van der Waals surface area (Å²) in [5.74, 6) is 0.111. The number of ether oxygens (including phenoxy) is 3. The quantitative estimate of drug-likeness (QED) is 0.572. The molecule has 0 spiro atoms. The molecule has 64 valence electrons. The second-order valence-corrected chi connectivity index (χ2v) is 2.92. The van der Waals surface area contributed by atoms with E-state index in [-0.39, 0.29) is 12.2 Å². The van der Waals surface area contributed by atoms with Gasteiger partial charge in [-0.25, -0.2) is 0 Å². The summed E-state index contributed by atoms with van der Waals surface area (Å²) in [6.07, 6.45) is -0.390. The van der Waals surface area contributed by atoms with Gasteiger partial charge in [0.25, 0.3) is 0 Å².